The number of carbonyl (C=O) groups excluding carboxylic acids is 5. The van der Waals surface area contributed by atoms with E-state index in [1.807, 2.05) is 53.7 Å². The van der Waals surface area contributed by atoms with Crippen LogP contribution in [0, 0.1) is 6.92 Å². The van der Waals surface area contributed by atoms with Gasteiger partial charge in [-0.2, -0.15) is 0 Å². The van der Waals surface area contributed by atoms with Crippen molar-refractivity contribution in [1.29, 1.82) is 0 Å². The fourth-order valence-corrected chi connectivity index (χ4v) is 10.4. The summed E-state index contributed by atoms with van der Waals surface area (Å²) in [5.74, 6) is -0.413. The lowest BCUT2D eigenvalue weighted by Gasteiger charge is -2.38. The van der Waals surface area contributed by atoms with Crippen molar-refractivity contribution in [3.63, 3.8) is 0 Å². The van der Waals surface area contributed by atoms with E-state index in [1.165, 1.54) is 6.33 Å². The molecule has 2 fully saturated rings. The second kappa shape index (κ2) is 29.6. The number of carbonyl (C=O) groups is 5. The van der Waals surface area contributed by atoms with Crippen LogP contribution in [-0.4, -0.2) is 177 Å². The molecule has 0 saturated carbocycles. The number of aliphatic hydroxyl groups excluding tert-OH is 1. The van der Waals surface area contributed by atoms with Crippen LogP contribution in [0.1, 0.15) is 85.0 Å². The summed E-state index contributed by atoms with van der Waals surface area (Å²) < 4.78 is 22.2. The van der Waals surface area contributed by atoms with Crippen LogP contribution < -0.4 is 26.2 Å². The quantitative estimate of drug-likeness (QED) is 0.0490. The average molecular weight is 1080 g/mol. The van der Waals surface area contributed by atoms with Crippen LogP contribution in [0.15, 0.2) is 60.4 Å². The molecule has 5 N–H and O–H groups in total. The first-order valence-corrected chi connectivity index (χ1v) is 27.2. The molecule has 4 aromatic rings. The van der Waals surface area contributed by atoms with E-state index in [0.29, 0.717) is 135 Å². The summed E-state index contributed by atoms with van der Waals surface area (Å²) >= 11 is 7.77. The van der Waals surface area contributed by atoms with Crippen molar-refractivity contribution in [1.82, 2.24) is 46.0 Å². The van der Waals surface area contributed by atoms with Crippen LogP contribution in [0.25, 0.3) is 10.4 Å². The lowest BCUT2D eigenvalue weighted by Crippen LogP contribution is -2.51. The maximum Gasteiger partial charge on any atom is 0.243 e. The number of halogens is 1. The van der Waals surface area contributed by atoms with E-state index in [0.717, 1.165) is 38.6 Å². The molecule has 2 aromatic heterocycles. The molecule has 20 nitrogen and oxygen atoms in total. The van der Waals surface area contributed by atoms with Crippen LogP contribution in [-0.2, 0) is 49.5 Å². The molecular weight excluding hydrogens is 1000 g/mol. The number of hydrogen-bond donors (Lipinski definition) is 5. The summed E-state index contributed by atoms with van der Waals surface area (Å²) in [7, 11) is 0. The molecule has 0 radical (unpaired) electrons. The van der Waals surface area contributed by atoms with Crippen LogP contribution in [0.2, 0.25) is 5.02 Å². The Hall–Kier alpha value is -5.65. The predicted molar refractivity (Wildman–Crippen MR) is 283 cm³/mol. The van der Waals surface area contributed by atoms with E-state index in [-0.39, 0.29) is 61.4 Å². The summed E-state index contributed by atoms with van der Waals surface area (Å²) in [6.07, 6.45) is 3.16. The lowest BCUT2D eigenvalue weighted by atomic mass is 9.97. The molecule has 3 aliphatic rings. The van der Waals surface area contributed by atoms with Gasteiger partial charge in [0.15, 0.2) is 0 Å². The Kier molecular flexibility index (Phi) is 22.5. The Morgan fingerprint density at radius 2 is 1.47 bits per heavy atom. The Morgan fingerprint density at radius 1 is 0.787 bits per heavy atom. The topological polar surface area (TPSA) is 239 Å². The third-order valence-corrected chi connectivity index (χ3v) is 14.7. The van der Waals surface area contributed by atoms with E-state index in [2.05, 4.69) is 48.0 Å². The summed E-state index contributed by atoms with van der Waals surface area (Å²) in [5, 5.41) is 22.8. The monoisotopic (exact) mass is 1070 g/mol. The highest BCUT2D eigenvalue weighted by Crippen LogP contribution is 2.43. The van der Waals surface area contributed by atoms with E-state index in [9.17, 15) is 29.1 Å². The highest BCUT2D eigenvalue weighted by atomic mass is 35.5. The largest absolute Gasteiger partial charge is 0.387 e. The van der Waals surface area contributed by atoms with Crippen molar-refractivity contribution < 1.29 is 48.0 Å². The third-order valence-electron chi connectivity index (χ3n) is 13.5. The third kappa shape index (κ3) is 16.9. The summed E-state index contributed by atoms with van der Waals surface area (Å²) in [4.78, 5) is 84.9. The Balaban J connectivity index is 0.656. The molecule has 2 saturated heterocycles. The van der Waals surface area contributed by atoms with Crippen molar-refractivity contribution in [2.24, 2.45) is 0 Å². The van der Waals surface area contributed by atoms with Crippen molar-refractivity contribution >= 4 is 58.3 Å². The predicted octanol–water partition coefficient (Wildman–Crippen LogP) is 3.51. The van der Waals surface area contributed by atoms with Gasteiger partial charge >= 0.3 is 0 Å². The van der Waals surface area contributed by atoms with Gasteiger partial charge in [-0.15, -0.1) is 11.3 Å². The molecule has 4 heterocycles. The number of ether oxygens (including phenoxy) is 4. The number of anilines is 1. The number of fused-ring (bicyclic) bond motifs is 1. The number of aromatic nitrogens is 3. The molecular formula is C53H71ClN10O10S. The molecule has 0 unspecified atom stereocenters. The van der Waals surface area contributed by atoms with Gasteiger partial charge in [0.05, 0.1) is 93.2 Å². The molecule has 1 aliphatic carbocycles. The smallest absolute Gasteiger partial charge is 0.243 e. The van der Waals surface area contributed by atoms with E-state index < -0.39 is 18.1 Å². The number of benzene rings is 2. The molecule has 2 aliphatic heterocycles. The van der Waals surface area contributed by atoms with Gasteiger partial charge in [-0.05, 0) is 60.9 Å². The minimum Gasteiger partial charge on any atom is -0.387 e. The number of rotatable bonds is 29. The van der Waals surface area contributed by atoms with Gasteiger partial charge < -0.3 is 60.0 Å². The van der Waals surface area contributed by atoms with Crippen molar-refractivity contribution in [2.75, 3.05) is 117 Å². The summed E-state index contributed by atoms with van der Waals surface area (Å²) in [6, 6.07) is 14.7. The zero-order valence-corrected chi connectivity index (χ0v) is 44.5. The number of amides is 5. The van der Waals surface area contributed by atoms with Gasteiger partial charge in [0.2, 0.25) is 29.5 Å². The zero-order valence-electron chi connectivity index (χ0n) is 42.9. The molecule has 75 heavy (non-hydrogen) atoms. The number of hydrogen-bond acceptors (Lipinski definition) is 16. The number of nitrogens with zero attached hydrogens (tertiary/aromatic N) is 6. The average Bonchev–Trinajstić information content (AvgIpc) is 4.17. The van der Waals surface area contributed by atoms with Gasteiger partial charge in [0.1, 0.15) is 18.2 Å². The lowest BCUT2D eigenvalue weighted by molar-refractivity contribution is -0.138. The van der Waals surface area contributed by atoms with Crippen molar-refractivity contribution in [2.45, 2.75) is 76.5 Å². The minimum atomic E-state index is -0.581. The van der Waals surface area contributed by atoms with Crippen LogP contribution >= 0.6 is 22.9 Å². The molecule has 0 spiro atoms. The fourth-order valence-electron chi connectivity index (χ4n) is 9.44. The first-order valence-electron chi connectivity index (χ1n) is 25.9. The van der Waals surface area contributed by atoms with Crippen LogP contribution in [0.4, 0.5) is 5.82 Å². The number of likely N-dealkylation sites (tertiary alicyclic amines) is 1. The molecule has 5 amide bonds. The fraction of sp³-hybridized carbons (Fsp3) is 0.547. The Morgan fingerprint density at radius 3 is 2.16 bits per heavy atom. The second-order valence-electron chi connectivity index (χ2n) is 18.8. The van der Waals surface area contributed by atoms with Crippen molar-refractivity contribution in [3.05, 3.63) is 93.5 Å². The van der Waals surface area contributed by atoms with Gasteiger partial charge in [0, 0.05) is 82.3 Å². The first-order chi connectivity index (χ1) is 36.5. The highest BCUT2D eigenvalue weighted by Gasteiger charge is 2.36. The number of thiazole rings is 1. The van der Waals surface area contributed by atoms with Crippen LogP contribution in [0.5, 0.6) is 0 Å². The SMILES string of the molecule is Cc1ncsc1-c1ccc(CNC(=O)[C@@H]2CCCN2C(=O)CNC(=O)CCOCCOCCOCCOCCNC(=O)CCNC[C@@H](C(=O)N2CCN(c3ncnc4c3[C@H](C)C[C@H]4O)CC2)c2ccc(Cl)cc2)cc1. The normalized spacial score (nSPS) is 17.7. The first kappa shape index (κ1) is 57.1. The summed E-state index contributed by atoms with van der Waals surface area (Å²) in [5.41, 5.74) is 7.39. The maximum atomic E-state index is 14.0. The molecule has 406 valence electrons. The van der Waals surface area contributed by atoms with Gasteiger partial charge in [0.25, 0.3) is 0 Å². The van der Waals surface area contributed by atoms with E-state index >= 15 is 0 Å². The number of aliphatic hydroxyl groups is 1. The molecule has 4 atom stereocenters. The minimum absolute atomic E-state index is 0.00305. The van der Waals surface area contributed by atoms with Gasteiger partial charge in [-0.25, -0.2) is 15.0 Å². The molecule has 2 aromatic carbocycles. The molecule has 22 heteroatoms. The van der Waals surface area contributed by atoms with Gasteiger partial charge in [-0.1, -0.05) is 54.9 Å². The van der Waals surface area contributed by atoms with Crippen LogP contribution in [0.3, 0.4) is 0 Å². The maximum absolute atomic E-state index is 14.0. The number of aryl methyl sites for hydroxylation is 1. The number of nitrogens with one attached hydrogen (secondary N) is 4. The highest BCUT2D eigenvalue weighted by molar-refractivity contribution is 7.13. The Labute approximate surface area is 447 Å². The van der Waals surface area contributed by atoms with E-state index in [1.54, 1.807) is 28.4 Å². The summed E-state index contributed by atoms with van der Waals surface area (Å²) in [6.45, 7) is 10.6. The Bertz CT molecular complexity index is 2480. The standard InChI is InChI=1S/C53H71ClN10O10S/c1-36-30-44(65)49-48(36)51(60-34-59-49)62-18-20-63(21-19-62)53(70)42(39-9-11-41(54)12-10-39)32-55-15-13-45(66)56-16-23-72-25-27-74-29-28-73-26-24-71-22-14-46(67)57-33-47(68)64-17-3-4-43(64)52(69)58-31-38-5-7-40(8-6-38)50-37(2)61-35-75-50/h5-12,34-36,42-44,55,65H,3-4,13-33H2,1-2H3,(H,56,66)(H,57,67)(H,58,69)/t36-,42-,43+,44-/m1/s1. The van der Waals surface area contributed by atoms with E-state index in [4.69, 9.17) is 30.5 Å². The van der Waals surface area contributed by atoms with Crippen molar-refractivity contribution in [3.8, 4) is 10.4 Å². The zero-order chi connectivity index (χ0) is 52.9. The second-order valence-corrected chi connectivity index (χ2v) is 20.1. The molecule has 7 rings (SSSR count). The number of piperazine rings is 1. The molecule has 0 bridgehead atoms. The van der Waals surface area contributed by atoms with Gasteiger partial charge in [-0.3, -0.25) is 24.0 Å².